The van der Waals surface area contributed by atoms with Crippen molar-refractivity contribution in [2.45, 2.75) is 0 Å². The highest BCUT2D eigenvalue weighted by molar-refractivity contribution is 6.05. The summed E-state index contributed by atoms with van der Waals surface area (Å²) in [6.07, 6.45) is 1.44. The van der Waals surface area contributed by atoms with Gasteiger partial charge in [-0.2, -0.15) is 5.26 Å². The molecule has 0 aliphatic heterocycles. The Morgan fingerprint density at radius 2 is 2.20 bits per heavy atom. The van der Waals surface area contributed by atoms with Gasteiger partial charge in [0, 0.05) is 10.9 Å². The SMILES string of the molecule is N#CC(=Cc1[nH]c2ccccc2c1O)C(N)=NCCO. The first-order chi connectivity index (χ1) is 9.67. The Hall–Kier alpha value is -2.78. The quantitative estimate of drug-likeness (QED) is 0.378. The van der Waals surface area contributed by atoms with Gasteiger partial charge in [-0.3, -0.25) is 4.99 Å². The summed E-state index contributed by atoms with van der Waals surface area (Å²) in [4.78, 5) is 6.85. The molecule has 6 heteroatoms. The van der Waals surface area contributed by atoms with Crippen LogP contribution in [0.4, 0.5) is 0 Å². The highest BCUT2D eigenvalue weighted by Gasteiger charge is 2.10. The Kier molecular flexibility index (Phi) is 4.03. The number of H-pyrrole nitrogens is 1. The Bertz CT molecular complexity index is 722. The Morgan fingerprint density at radius 1 is 1.45 bits per heavy atom. The van der Waals surface area contributed by atoms with Gasteiger partial charge in [-0.25, -0.2) is 0 Å². The van der Waals surface area contributed by atoms with Crippen molar-refractivity contribution < 1.29 is 10.2 Å². The van der Waals surface area contributed by atoms with Gasteiger partial charge in [-0.1, -0.05) is 12.1 Å². The fraction of sp³-hybridized carbons (Fsp3) is 0.143. The van der Waals surface area contributed by atoms with E-state index in [0.29, 0.717) is 11.1 Å². The van der Waals surface area contributed by atoms with E-state index in [0.717, 1.165) is 5.52 Å². The zero-order valence-electron chi connectivity index (χ0n) is 10.7. The number of nitrogens with two attached hydrogens (primary N) is 1. The second-order valence-electron chi connectivity index (χ2n) is 4.09. The number of nitrogens with one attached hydrogen (secondary N) is 1. The second-order valence-corrected chi connectivity index (χ2v) is 4.09. The first-order valence-corrected chi connectivity index (χ1v) is 6.00. The van der Waals surface area contributed by atoms with Crippen LogP contribution in [0.3, 0.4) is 0 Å². The van der Waals surface area contributed by atoms with Crippen molar-refractivity contribution in [3.63, 3.8) is 0 Å². The third-order valence-electron chi connectivity index (χ3n) is 2.77. The predicted octanol–water partition coefficient (Wildman–Crippen LogP) is 1.13. The average molecular weight is 270 g/mol. The first kappa shape index (κ1) is 13.6. The van der Waals surface area contributed by atoms with E-state index in [1.807, 2.05) is 24.3 Å². The summed E-state index contributed by atoms with van der Waals surface area (Å²) in [7, 11) is 0. The van der Waals surface area contributed by atoms with E-state index >= 15 is 0 Å². The van der Waals surface area contributed by atoms with Crippen LogP contribution in [0.25, 0.3) is 17.0 Å². The molecule has 5 N–H and O–H groups in total. The molecule has 0 bridgehead atoms. The Balaban J connectivity index is 2.45. The van der Waals surface area contributed by atoms with E-state index < -0.39 is 0 Å². The normalized spacial score (nSPS) is 12.6. The van der Waals surface area contributed by atoms with Crippen molar-refractivity contribution in [1.82, 2.24) is 4.98 Å². The summed E-state index contributed by atoms with van der Waals surface area (Å²) in [5, 5.41) is 28.5. The van der Waals surface area contributed by atoms with Crippen molar-refractivity contribution in [3.8, 4) is 11.8 Å². The predicted molar refractivity (Wildman–Crippen MR) is 77.1 cm³/mol. The molecule has 1 aromatic carbocycles. The lowest BCUT2D eigenvalue weighted by molar-refractivity contribution is 0.307. The molecule has 0 saturated carbocycles. The van der Waals surface area contributed by atoms with Gasteiger partial charge in [0.2, 0.25) is 0 Å². The van der Waals surface area contributed by atoms with Crippen LogP contribution in [0.1, 0.15) is 5.69 Å². The molecule has 1 aromatic heterocycles. The molecule has 0 fully saturated rings. The van der Waals surface area contributed by atoms with Gasteiger partial charge >= 0.3 is 0 Å². The molecule has 0 atom stereocenters. The molecule has 2 aromatic rings. The van der Waals surface area contributed by atoms with E-state index in [4.69, 9.17) is 16.1 Å². The minimum Gasteiger partial charge on any atom is -0.505 e. The van der Waals surface area contributed by atoms with E-state index in [2.05, 4.69) is 9.98 Å². The van der Waals surface area contributed by atoms with Crippen LogP contribution in [0.2, 0.25) is 0 Å². The van der Waals surface area contributed by atoms with Crippen LogP contribution < -0.4 is 5.73 Å². The number of nitriles is 1. The molecular formula is C14H14N4O2. The molecule has 0 aliphatic rings. The molecule has 1 heterocycles. The van der Waals surface area contributed by atoms with E-state index in [-0.39, 0.29) is 30.3 Å². The number of rotatable bonds is 4. The number of aliphatic imine (C=N–C) groups is 1. The van der Waals surface area contributed by atoms with Crippen LogP contribution in [-0.2, 0) is 0 Å². The number of aromatic hydroxyl groups is 1. The maximum Gasteiger partial charge on any atom is 0.148 e. The summed E-state index contributed by atoms with van der Waals surface area (Å²) in [5.74, 6) is 0.0860. The number of aliphatic hydroxyl groups excluding tert-OH is 1. The molecule has 0 amide bonds. The summed E-state index contributed by atoms with van der Waals surface area (Å²) in [6.45, 7) is -0.0133. The van der Waals surface area contributed by atoms with Crippen LogP contribution in [0.15, 0.2) is 34.8 Å². The summed E-state index contributed by atoms with van der Waals surface area (Å²) >= 11 is 0. The number of para-hydroxylation sites is 1. The summed E-state index contributed by atoms with van der Waals surface area (Å²) in [5.41, 5.74) is 6.94. The zero-order valence-corrected chi connectivity index (χ0v) is 10.7. The van der Waals surface area contributed by atoms with Crippen LogP contribution >= 0.6 is 0 Å². The number of amidine groups is 1. The van der Waals surface area contributed by atoms with Crippen LogP contribution in [0.5, 0.6) is 5.75 Å². The largest absolute Gasteiger partial charge is 0.505 e. The van der Waals surface area contributed by atoms with Gasteiger partial charge in [0.25, 0.3) is 0 Å². The van der Waals surface area contributed by atoms with Crippen molar-refractivity contribution in [3.05, 3.63) is 35.5 Å². The molecule has 102 valence electrons. The number of aromatic nitrogens is 1. The van der Waals surface area contributed by atoms with Crippen LogP contribution in [0, 0.1) is 11.3 Å². The second kappa shape index (κ2) is 5.91. The van der Waals surface area contributed by atoms with Gasteiger partial charge in [0.05, 0.1) is 24.4 Å². The van der Waals surface area contributed by atoms with E-state index in [1.165, 1.54) is 6.08 Å². The first-order valence-electron chi connectivity index (χ1n) is 6.00. The topological polar surface area (TPSA) is 118 Å². The Morgan fingerprint density at radius 3 is 2.85 bits per heavy atom. The lowest BCUT2D eigenvalue weighted by atomic mass is 10.2. The van der Waals surface area contributed by atoms with Crippen molar-refractivity contribution in [2.24, 2.45) is 10.7 Å². The number of hydrogen-bond acceptors (Lipinski definition) is 4. The van der Waals surface area contributed by atoms with Gasteiger partial charge < -0.3 is 20.9 Å². The molecule has 0 spiro atoms. The Labute approximate surface area is 115 Å². The highest BCUT2D eigenvalue weighted by atomic mass is 16.3. The van der Waals surface area contributed by atoms with Gasteiger partial charge in [0.15, 0.2) is 0 Å². The van der Waals surface area contributed by atoms with E-state index in [1.54, 1.807) is 6.07 Å². The summed E-state index contributed by atoms with van der Waals surface area (Å²) in [6, 6.07) is 9.17. The van der Waals surface area contributed by atoms with Crippen molar-refractivity contribution >= 4 is 22.8 Å². The molecule has 0 radical (unpaired) electrons. The monoisotopic (exact) mass is 270 g/mol. The number of fused-ring (bicyclic) bond motifs is 1. The number of nitrogens with zero attached hydrogens (tertiary/aromatic N) is 2. The fourth-order valence-electron chi connectivity index (χ4n) is 1.82. The highest BCUT2D eigenvalue weighted by Crippen LogP contribution is 2.29. The number of aliphatic hydroxyl groups is 1. The third-order valence-corrected chi connectivity index (χ3v) is 2.77. The maximum absolute atomic E-state index is 10.1. The molecule has 0 aliphatic carbocycles. The average Bonchev–Trinajstić information content (AvgIpc) is 2.79. The molecular weight excluding hydrogens is 256 g/mol. The number of benzene rings is 1. The van der Waals surface area contributed by atoms with Gasteiger partial charge in [0.1, 0.15) is 17.7 Å². The number of hydrogen-bond donors (Lipinski definition) is 4. The van der Waals surface area contributed by atoms with Crippen LogP contribution in [-0.4, -0.2) is 34.2 Å². The zero-order chi connectivity index (χ0) is 14.5. The van der Waals surface area contributed by atoms with Crippen molar-refractivity contribution in [2.75, 3.05) is 13.2 Å². The van der Waals surface area contributed by atoms with Gasteiger partial charge in [-0.15, -0.1) is 0 Å². The number of aromatic amines is 1. The van der Waals surface area contributed by atoms with Gasteiger partial charge in [-0.05, 0) is 18.2 Å². The molecule has 20 heavy (non-hydrogen) atoms. The molecule has 0 saturated heterocycles. The third kappa shape index (κ3) is 2.63. The van der Waals surface area contributed by atoms with E-state index in [9.17, 15) is 5.11 Å². The molecule has 0 unspecified atom stereocenters. The lowest BCUT2D eigenvalue weighted by Gasteiger charge is -1.98. The molecule has 6 nitrogen and oxygen atoms in total. The molecule has 2 rings (SSSR count). The standard InChI is InChI=1S/C14H14N4O2/c15-8-9(14(16)17-5-6-19)7-12-13(20)10-3-1-2-4-11(10)18-12/h1-4,7,18-20H,5-6H2,(H2,16,17). The maximum atomic E-state index is 10.1. The fourth-order valence-corrected chi connectivity index (χ4v) is 1.82. The smallest absolute Gasteiger partial charge is 0.148 e. The van der Waals surface area contributed by atoms with Crippen molar-refractivity contribution in [1.29, 1.82) is 5.26 Å². The minimum absolute atomic E-state index is 0.0274. The minimum atomic E-state index is -0.142. The lowest BCUT2D eigenvalue weighted by Crippen LogP contribution is -2.15. The summed E-state index contributed by atoms with van der Waals surface area (Å²) < 4.78 is 0.